The van der Waals surface area contributed by atoms with Crippen molar-refractivity contribution in [1.82, 2.24) is 4.57 Å². The molecule has 67 heavy (non-hydrogen) atoms. The fraction of sp³-hybridized carbons (Fsp3) is 0.271. The molecule has 6 aromatic rings. The molecule has 0 bridgehead atoms. The van der Waals surface area contributed by atoms with Crippen LogP contribution in [0.2, 0.25) is 5.02 Å². The Morgan fingerprint density at radius 3 is 2.04 bits per heavy atom. The monoisotopic (exact) mass is 995 g/mol. The van der Waals surface area contributed by atoms with Crippen LogP contribution < -0.4 is 19.8 Å². The minimum Gasteiger partial charge on any atom is -0.478 e. The van der Waals surface area contributed by atoms with Crippen LogP contribution in [0.4, 0.5) is 35.9 Å². The Balaban J connectivity index is 1.06. The number of nitrogens with one attached hydrogen (secondary N) is 2. The summed E-state index contributed by atoms with van der Waals surface area (Å²) in [5.41, 5.74) is -0.498. The van der Waals surface area contributed by atoms with Gasteiger partial charge in [-0.25, -0.2) is 21.6 Å². The topological polar surface area (TPSA) is 161 Å². The lowest BCUT2D eigenvalue weighted by Crippen LogP contribution is -2.46. The number of alkyl halides is 3. The molecule has 0 radical (unpaired) electrons. The second kappa shape index (κ2) is 20.3. The number of sulfonamides is 1. The van der Waals surface area contributed by atoms with Crippen LogP contribution in [0.1, 0.15) is 42.4 Å². The summed E-state index contributed by atoms with van der Waals surface area (Å²) in [6.07, 6.45) is 0.0740. The summed E-state index contributed by atoms with van der Waals surface area (Å²) in [6, 6.07) is 32.5. The number of aliphatic hydroxyl groups excluding tert-OH is 1. The summed E-state index contributed by atoms with van der Waals surface area (Å²) in [6.45, 7) is 7.93. The number of aromatic nitrogens is 1. The van der Waals surface area contributed by atoms with Gasteiger partial charge in [0, 0.05) is 88.9 Å². The van der Waals surface area contributed by atoms with Crippen LogP contribution in [-0.4, -0.2) is 87.7 Å². The van der Waals surface area contributed by atoms with Gasteiger partial charge in [-0.05, 0) is 117 Å². The van der Waals surface area contributed by atoms with Crippen molar-refractivity contribution in [2.24, 2.45) is 0 Å². The third-order valence-corrected chi connectivity index (χ3v) is 15.8. The average molecular weight is 997 g/mol. The van der Waals surface area contributed by atoms with Gasteiger partial charge in [-0.1, -0.05) is 54.1 Å². The summed E-state index contributed by atoms with van der Waals surface area (Å²) in [5.74, 6) is -0.763. The highest BCUT2D eigenvalue weighted by Crippen LogP contribution is 2.43. The van der Waals surface area contributed by atoms with Crippen LogP contribution in [0, 0.1) is 6.92 Å². The summed E-state index contributed by atoms with van der Waals surface area (Å²) >= 11 is 7.59. The van der Waals surface area contributed by atoms with Crippen molar-refractivity contribution in [1.29, 1.82) is 0 Å². The lowest BCUT2D eigenvalue weighted by atomic mass is 9.96. The van der Waals surface area contributed by atoms with Gasteiger partial charge in [0.2, 0.25) is 0 Å². The Morgan fingerprint density at radius 1 is 0.806 bits per heavy atom. The molecule has 1 aliphatic heterocycles. The number of nitrogens with zero attached hydrogens (tertiary/aromatic N) is 3. The number of rotatable bonds is 17. The number of piperazine rings is 1. The number of hydrogen-bond acceptors (Lipinski definition) is 10. The highest BCUT2D eigenvalue weighted by atomic mass is 35.5. The molecule has 1 aromatic heterocycles. The summed E-state index contributed by atoms with van der Waals surface area (Å²) in [4.78, 5) is 16.1. The number of sulfone groups is 1. The van der Waals surface area contributed by atoms with Crippen LogP contribution >= 0.6 is 23.4 Å². The molecule has 2 heterocycles. The molecule has 0 unspecified atom stereocenters. The minimum absolute atomic E-state index is 0.0309. The van der Waals surface area contributed by atoms with Crippen molar-refractivity contribution in [3.05, 3.63) is 138 Å². The van der Waals surface area contributed by atoms with E-state index >= 15 is 0 Å². The molecule has 12 nitrogen and oxygen atoms in total. The van der Waals surface area contributed by atoms with E-state index in [0.717, 1.165) is 45.2 Å². The van der Waals surface area contributed by atoms with Gasteiger partial charge in [0.1, 0.15) is 4.90 Å². The summed E-state index contributed by atoms with van der Waals surface area (Å²) < 4.78 is 99.4. The van der Waals surface area contributed by atoms with Crippen LogP contribution in [0.3, 0.4) is 0 Å². The average Bonchev–Trinajstić information content (AvgIpc) is 3.62. The van der Waals surface area contributed by atoms with Gasteiger partial charge >= 0.3 is 11.5 Å². The zero-order chi connectivity index (χ0) is 48.3. The van der Waals surface area contributed by atoms with Crippen LogP contribution in [0.15, 0.2) is 136 Å². The first-order valence-corrected chi connectivity index (χ1v) is 25.6. The second-order valence-corrected chi connectivity index (χ2v) is 21.3. The SMILES string of the molecule is Cc1c(C(=O)O)c(-c2cccc(N3CCN(c4ccc(NS(=O)(=O)c5ccc(N[C@H](CCO)CSc6ccccc6)c(S(=O)(=O)C(F)(F)F)c5)cc4)CC3)c2)c(-c2ccc(Cl)cc2)n1C(C)C. The maximum atomic E-state index is 14.0. The molecular formula is C48H49ClF3N5O7S3. The highest BCUT2D eigenvalue weighted by molar-refractivity contribution is 7.99. The summed E-state index contributed by atoms with van der Waals surface area (Å²) in [5, 5.41) is 23.5. The Morgan fingerprint density at radius 2 is 1.45 bits per heavy atom. The predicted octanol–water partition coefficient (Wildman–Crippen LogP) is 10.4. The van der Waals surface area contributed by atoms with E-state index in [0.29, 0.717) is 48.5 Å². The summed E-state index contributed by atoms with van der Waals surface area (Å²) in [7, 11) is -10.6. The number of benzene rings is 5. The molecule has 19 heteroatoms. The minimum atomic E-state index is -6.03. The second-order valence-electron chi connectivity index (χ2n) is 16.2. The standard InChI is InChI=1S/C48H49ClF3N5O7S3/c1-31(2)57-32(3)44(47(59)60)45(46(57)33-12-14-35(49)15-13-33)34-8-7-9-39(28-34)56-25-23-55(24-26-56)38-18-16-36(17-19-38)54-67(63,64)41-20-21-42(43(29-41)66(61,62)48(50,51)52)53-37(22-27-58)30-65-40-10-5-4-6-11-40/h4-21,28-29,31,37,53-54,58H,22-27,30H2,1-3H3,(H,59,60)/t37-/m1/s1. The number of carboxylic acids is 1. The fourth-order valence-corrected chi connectivity index (χ4v) is 11.5. The molecule has 5 aromatic carbocycles. The van der Waals surface area contributed by atoms with Crippen molar-refractivity contribution in [2.75, 3.05) is 58.4 Å². The molecule has 1 atom stereocenters. The van der Waals surface area contributed by atoms with E-state index in [1.807, 2.05) is 92.1 Å². The molecular weight excluding hydrogens is 947 g/mol. The van der Waals surface area contributed by atoms with E-state index in [1.54, 1.807) is 24.3 Å². The first-order valence-electron chi connectivity index (χ1n) is 21.3. The van der Waals surface area contributed by atoms with E-state index in [4.69, 9.17) is 11.6 Å². The molecule has 0 saturated carbocycles. The Hall–Kier alpha value is -5.66. The Labute approximate surface area is 397 Å². The molecule has 0 spiro atoms. The Kier molecular flexibility index (Phi) is 14.9. The van der Waals surface area contributed by atoms with E-state index < -0.39 is 52.9 Å². The zero-order valence-electron chi connectivity index (χ0n) is 36.7. The van der Waals surface area contributed by atoms with Crippen molar-refractivity contribution in [2.45, 2.75) is 59.5 Å². The van der Waals surface area contributed by atoms with Crippen molar-refractivity contribution in [3.8, 4) is 22.4 Å². The van der Waals surface area contributed by atoms with E-state index in [1.165, 1.54) is 23.9 Å². The van der Waals surface area contributed by atoms with E-state index in [9.17, 15) is 45.0 Å². The number of carbonyl (C=O) groups is 1. The molecule has 0 aliphatic carbocycles. The van der Waals surface area contributed by atoms with Gasteiger partial charge in [0.05, 0.1) is 21.8 Å². The molecule has 1 saturated heterocycles. The van der Waals surface area contributed by atoms with Gasteiger partial charge in [0.25, 0.3) is 19.9 Å². The number of aliphatic hydroxyl groups is 1. The third-order valence-electron chi connectivity index (χ3n) is 11.5. The van der Waals surface area contributed by atoms with E-state index in [2.05, 4.69) is 19.8 Å². The molecule has 7 rings (SSSR count). The van der Waals surface area contributed by atoms with Crippen LogP contribution in [-0.2, 0) is 19.9 Å². The number of thioether (sulfide) groups is 1. The molecule has 1 fully saturated rings. The van der Waals surface area contributed by atoms with Gasteiger partial charge in [-0.2, -0.15) is 13.2 Å². The number of anilines is 4. The third kappa shape index (κ3) is 10.9. The van der Waals surface area contributed by atoms with Crippen molar-refractivity contribution < 1.29 is 45.0 Å². The molecule has 0 amide bonds. The van der Waals surface area contributed by atoms with Gasteiger partial charge in [0.15, 0.2) is 0 Å². The molecule has 1 aliphatic rings. The van der Waals surface area contributed by atoms with Crippen LogP contribution in [0.5, 0.6) is 0 Å². The number of halogens is 4. The van der Waals surface area contributed by atoms with E-state index in [-0.39, 0.29) is 36.1 Å². The molecule has 4 N–H and O–H groups in total. The van der Waals surface area contributed by atoms with Crippen molar-refractivity contribution >= 4 is 71.9 Å². The lowest BCUT2D eigenvalue weighted by Gasteiger charge is -2.37. The normalized spacial score (nSPS) is 14.0. The fourth-order valence-electron chi connectivity index (χ4n) is 8.25. The van der Waals surface area contributed by atoms with Gasteiger partial charge < -0.3 is 29.9 Å². The van der Waals surface area contributed by atoms with Gasteiger partial charge in [-0.15, -0.1) is 11.8 Å². The zero-order valence-corrected chi connectivity index (χ0v) is 39.9. The maximum Gasteiger partial charge on any atom is 0.501 e. The first-order chi connectivity index (χ1) is 31.8. The number of hydrogen-bond donors (Lipinski definition) is 4. The highest BCUT2D eigenvalue weighted by Gasteiger charge is 2.48. The smallest absolute Gasteiger partial charge is 0.478 e. The number of aromatic carboxylic acids is 1. The largest absolute Gasteiger partial charge is 0.501 e. The quantitative estimate of drug-likeness (QED) is 0.0644. The van der Waals surface area contributed by atoms with Crippen molar-refractivity contribution in [3.63, 3.8) is 0 Å². The predicted molar refractivity (Wildman–Crippen MR) is 260 cm³/mol. The first kappa shape index (κ1) is 49.3. The van der Waals surface area contributed by atoms with Gasteiger partial charge in [-0.3, -0.25) is 4.72 Å². The van der Waals surface area contributed by atoms with Crippen LogP contribution in [0.25, 0.3) is 22.4 Å². The maximum absolute atomic E-state index is 14.0. The molecule has 354 valence electrons. The lowest BCUT2D eigenvalue weighted by molar-refractivity contribution is -0.0436. The number of carboxylic acid groups (broad SMARTS) is 1. The Bertz CT molecular complexity index is 2950.